The fourth-order valence-electron chi connectivity index (χ4n) is 1.45. The van der Waals surface area contributed by atoms with E-state index in [-0.39, 0.29) is 11.9 Å². The summed E-state index contributed by atoms with van der Waals surface area (Å²) in [6.45, 7) is 2.80. The highest BCUT2D eigenvalue weighted by Gasteiger charge is 2.14. The van der Waals surface area contributed by atoms with E-state index >= 15 is 0 Å². The van der Waals surface area contributed by atoms with Crippen molar-refractivity contribution in [3.05, 3.63) is 34.1 Å². The molecule has 1 unspecified atom stereocenters. The molecule has 0 bridgehead atoms. The van der Waals surface area contributed by atoms with E-state index in [4.69, 9.17) is 6.42 Å². The van der Waals surface area contributed by atoms with E-state index in [1.165, 1.54) is 6.07 Å². The lowest BCUT2D eigenvalue weighted by Gasteiger charge is -2.17. The molecule has 0 aromatic heterocycles. The largest absolute Gasteiger partial charge is 0.309 e. The van der Waals surface area contributed by atoms with Gasteiger partial charge in [-0.1, -0.05) is 19.1 Å². The number of rotatable bonds is 4. The van der Waals surface area contributed by atoms with Gasteiger partial charge in [-0.3, -0.25) is 0 Å². The smallest absolute Gasteiger partial charge is 0.137 e. The maximum Gasteiger partial charge on any atom is 0.137 e. The monoisotopic (exact) mass is 269 g/mol. The Morgan fingerprint density at radius 3 is 2.93 bits per heavy atom. The van der Waals surface area contributed by atoms with E-state index in [2.05, 4.69) is 27.2 Å². The van der Waals surface area contributed by atoms with E-state index < -0.39 is 0 Å². The lowest BCUT2D eigenvalue weighted by atomic mass is 10.0. The van der Waals surface area contributed by atoms with Gasteiger partial charge in [-0.15, -0.1) is 12.3 Å². The molecular formula is C12H13BrFN. The van der Waals surface area contributed by atoms with Crippen molar-refractivity contribution in [2.75, 3.05) is 6.54 Å². The van der Waals surface area contributed by atoms with Gasteiger partial charge in [-0.2, -0.15) is 0 Å². The molecule has 80 valence electrons. The molecule has 0 radical (unpaired) electrons. The number of benzene rings is 1. The van der Waals surface area contributed by atoms with Crippen LogP contribution in [0.1, 0.15) is 24.9 Å². The van der Waals surface area contributed by atoms with Crippen LogP contribution >= 0.6 is 15.9 Å². The van der Waals surface area contributed by atoms with Gasteiger partial charge in [0.15, 0.2) is 0 Å². The third-order valence-corrected chi connectivity index (χ3v) is 2.97. The van der Waals surface area contributed by atoms with Crippen LogP contribution in [0, 0.1) is 18.2 Å². The average molecular weight is 270 g/mol. The van der Waals surface area contributed by atoms with Crippen LogP contribution in [0.25, 0.3) is 0 Å². The molecule has 0 aliphatic heterocycles. The second-order valence-corrected chi connectivity index (χ2v) is 3.95. The number of halogens is 2. The van der Waals surface area contributed by atoms with Crippen molar-refractivity contribution < 1.29 is 4.39 Å². The predicted molar refractivity (Wildman–Crippen MR) is 64.0 cm³/mol. The van der Waals surface area contributed by atoms with Crippen LogP contribution in [0.15, 0.2) is 22.7 Å². The maximum atomic E-state index is 13.3. The molecule has 0 amide bonds. The fraction of sp³-hybridized carbons (Fsp3) is 0.333. The predicted octanol–water partition coefficient (Wildman–Crippen LogP) is 3.26. The zero-order chi connectivity index (χ0) is 11.3. The van der Waals surface area contributed by atoms with Crippen molar-refractivity contribution in [3.8, 4) is 12.3 Å². The highest BCUT2D eigenvalue weighted by atomic mass is 79.9. The Labute approximate surface area is 98.2 Å². The molecule has 1 aromatic rings. The van der Waals surface area contributed by atoms with E-state index in [1.807, 2.05) is 13.0 Å². The van der Waals surface area contributed by atoms with Crippen molar-refractivity contribution in [3.63, 3.8) is 0 Å². The van der Waals surface area contributed by atoms with Gasteiger partial charge in [0.25, 0.3) is 0 Å². The molecule has 0 saturated heterocycles. The van der Waals surface area contributed by atoms with Crippen LogP contribution in [0.2, 0.25) is 0 Å². The van der Waals surface area contributed by atoms with E-state index in [9.17, 15) is 4.39 Å². The minimum absolute atomic E-state index is 0.00470. The van der Waals surface area contributed by atoms with Crippen LogP contribution in [-0.2, 0) is 0 Å². The second kappa shape index (κ2) is 5.89. The first-order valence-corrected chi connectivity index (χ1v) is 5.60. The fourth-order valence-corrected chi connectivity index (χ4v) is 1.99. The molecule has 1 nitrogen and oxygen atoms in total. The van der Waals surface area contributed by atoms with Gasteiger partial charge < -0.3 is 5.32 Å². The summed E-state index contributed by atoms with van der Waals surface area (Å²) in [5.74, 6) is 2.33. The quantitative estimate of drug-likeness (QED) is 0.828. The Kier molecular flexibility index (Phi) is 4.80. The molecular weight excluding hydrogens is 257 g/mol. The first-order chi connectivity index (χ1) is 7.20. The summed E-state index contributed by atoms with van der Waals surface area (Å²) in [6.07, 6.45) is 5.84. The minimum atomic E-state index is -0.257. The molecule has 0 saturated carbocycles. The summed E-state index contributed by atoms with van der Waals surface area (Å²) in [6, 6.07) is 4.99. The summed E-state index contributed by atoms with van der Waals surface area (Å²) in [5, 5.41) is 3.23. The average Bonchev–Trinajstić information content (AvgIpc) is 2.22. The van der Waals surface area contributed by atoms with Gasteiger partial charge in [0.1, 0.15) is 5.82 Å². The van der Waals surface area contributed by atoms with Gasteiger partial charge in [0.05, 0.1) is 4.47 Å². The van der Waals surface area contributed by atoms with Crippen LogP contribution < -0.4 is 5.32 Å². The van der Waals surface area contributed by atoms with Crippen molar-refractivity contribution >= 4 is 15.9 Å². The molecule has 1 atom stereocenters. The Balaban J connectivity index is 3.00. The van der Waals surface area contributed by atoms with Crippen LogP contribution in [-0.4, -0.2) is 6.54 Å². The number of hydrogen-bond donors (Lipinski definition) is 1. The topological polar surface area (TPSA) is 12.0 Å². The number of nitrogens with one attached hydrogen (secondary N) is 1. The lowest BCUT2D eigenvalue weighted by Crippen LogP contribution is -2.21. The van der Waals surface area contributed by atoms with Gasteiger partial charge >= 0.3 is 0 Å². The molecule has 15 heavy (non-hydrogen) atoms. The van der Waals surface area contributed by atoms with Crippen LogP contribution in [0.3, 0.4) is 0 Å². The summed E-state index contributed by atoms with van der Waals surface area (Å²) >= 11 is 3.24. The first-order valence-electron chi connectivity index (χ1n) is 4.81. The summed E-state index contributed by atoms with van der Waals surface area (Å²) in [4.78, 5) is 0. The third-order valence-electron chi connectivity index (χ3n) is 2.13. The number of terminal acetylenes is 1. The standard InChI is InChI=1S/C12H13BrFN/c1-3-6-11(15-4-2)9-7-5-8-10(14)12(9)13/h1,5,7-8,11,15H,4,6H2,2H3. The Morgan fingerprint density at radius 1 is 1.60 bits per heavy atom. The van der Waals surface area contributed by atoms with Crippen molar-refractivity contribution in [1.82, 2.24) is 5.32 Å². The zero-order valence-corrected chi connectivity index (χ0v) is 10.1. The Bertz CT molecular complexity index is 370. The van der Waals surface area contributed by atoms with Crippen molar-refractivity contribution in [2.45, 2.75) is 19.4 Å². The molecule has 0 heterocycles. The molecule has 1 N–H and O–H groups in total. The maximum absolute atomic E-state index is 13.3. The zero-order valence-electron chi connectivity index (χ0n) is 8.56. The lowest BCUT2D eigenvalue weighted by molar-refractivity contribution is 0.552. The van der Waals surface area contributed by atoms with Gasteiger partial charge in [-0.05, 0) is 34.1 Å². The van der Waals surface area contributed by atoms with Gasteiger partial charge in [0, 0.05) is 12.5 Å². The highest BCUT2D eigenvalue weighted by Crippen LogP contribution is 2.27. The van der Waals surface area contributed by atoms with E-state index in [0.29, 0.717) is 10.9 Å². The van der Waals surface area contributed by atoms with Gasteiger partial charge in [0.2, 0.25) is 0 Å². The Morgan fingerprint density at radius 2 is 2.33 bits per heavy atom. The minimum Gasteiger partial charge on any atom is -0.309 e. The molecule has 3 heteroatoms. The van der Waals surface area contributed by atoms with Crippen molar-refractivity contribution in [2.24, 2.45) is 0 Å². The third kappa shape index (κ3) is 3.05. The first kappa shape index (κ1) is 12.2. The normalized spacial score (nSPS) is 12.1. The van der Waals surface area contributed by atoms with Crippen LogP contribution in [0.4, 0.5) is 4.39 Å². The second-order valence-electron chi connectivity index (χ2n) is 3.16. The van der Waals surface area contributed by atoms with E-state index in [0.717, 1.165) is 12.1 Å². The SMILES string of the molecule is C#CCC(NCC)c1cccc(F)c1Br. The van der Waals surface area contributed by atoms with Gasteiger partial charge in [-0.25, -0.2) is 4.39 Å². The summed E-state index contributed by atoms with van der Waals surface area (Å²) in [7, 11) is 0. The molecule has 1 aromatic carbocycles. The van der Waals surface area contributed by atoms with Crippen molar-refractivity contribution in [1.29, 1.82) is 0 Å². The molecule has 0 fully saturated rings. The highest BCUT2D eigenvalue weighted by molar-refractivity contribution is 9.10. The molecule has 0 aliphatic carbocycles. The molecule has 0 spiro atoms. The summed E-state index contributed by atoms with van der Waals surface area (Å²) < 4.78 is 13.8. The van der Waals surface area contributed by atoms with Crippen LogP contribution in [0.5, 0.6) is 0 Å². The summed E-state index contributed by atoms with van der Waals surface area (Å²) in [5.41, 5.74) is 0.870. The number of hydrogen-bond acceptors (Lipinski definition) is 1. The Hall–Kier alpha value is -0.850. The molecule has 1 rings (SSSR count). The molecule has 0 aliphatic rings. The van der Waals surface area contributed by atoms with E-state index in [1.54, 1.807) is 6.07 Å².